The molecule has 0 amide bonds. The van der Waals surface area contributed by atoms with Crippen molar-refractivity contribution in [2.24, 2.45) is 0 Å². The summed E-state index contributed by atoms with van der Waals surface area (Å²) in [7, 11) is 0. The molecular weight excluding hydrogens is 300 g/mol. The number of unbranched alkanes of at least 4 members (excludes halogenated alkanes) is 1. The van der Waals surface area contributed by atoms with Gasteiger partial charge in [0, 0.05) is 6.61 Å². The summed E-state index contributed by atoms with van der Waals surface area (Å²) < 4.78 is 27.9. The highest BCUT2D eigenvalue weighted by Gasteiger charge is 2.44. The molecule has 1 N–H and O–H groups in total. The van der Waals surface area contributed by atoms with Gasteiger partial charge in [-0.25, -0.2) is 0 Å². The topological polar surface area (TPSA) is 66.4 Å². The van der Waals surface area contributed by atoms with Gasteiger partial charge in [0.2, 0.25) is 6.29 Å². The minimum absolute atomic E-state index is 0.154. The van der Waals surface area contributed by atoms with Gasteiger partial charge in [-0.3, -0.25) is 0 Å². The third-order valence-corrected chi connectivity index (χ3v) is 2.64. The van der Waals surface area contributed by atoms with Crippen LogP contribution in [-0.4, -0.2) is 55.5 Å². The van der Waals surface area contributed by atoms with Crippen molar-refractivity contribution in [2.45, 2.75) is 91.9 Å². The zero-order valence-electron chi connectivity index (χ0n) is 15.8. The average Bonchev–Trinajstić information content (AvgIpc) is 2.38. The Kier molecular flexibility index (Phi) is 12.0. The molecule has 0 aromatic heterocycles. The zero-order chi connectivity index (χ0) is 17.9. The van der Waals surface area contributed by atoms with E-state index >= 15 is 0 Å². The van der Waals surface area contributed by atoms with Gasteiger partial charge in [0.05, 0.1) is 31.5 Å². The van der Waals surface area contributed by atoms with E-state index < -0.39 is 12.3 Å². The van der Waals surface area contributed by atoms with Crippen LogP contribution in [0.15, 0.2) is 0 Å². The largest absolute Gasteiger partial charge is 0.379 e. The lowest BCUT2D eigenvalue weighted by Gasteiger charge is -2.37. The summed E-state index contributed by atoms with van der Waals surface area (Å²) in [5, 5.41) is 10.8. The van der Waals surface area contributed by atoms with Gasteiger partial charge >= 0.3 is 5.97 Å². The highest BCUT2D eigenvalue weighted by Crippen LogP contribution is 2.24. The van der Waals surface area contributed by atoms with Crippen LogP contribution in [0.3, 0.4) is 0 Å². The molecule has 0 rings (SSSR count). The molecule has 0 saturated carbocycles. The maximum Gasteiger partial charge on any atom is 0.335 e. The fourth-order valence-corrected chi connectivity index (χ4v) is 1.85. The number of hydrogen-bond acceptors (Lipinski definition) is 6. The number of hydrogen-bond donors (Lipinski definition) is 1. The predicted molar refractivity (Wildman–Crippen MR) is 89.1 cm³/mol. The molecule has 23 heavy (non-hydrogen) atoms. The summed E-state index contributed by atoms with van der Waals surface area (Å²) in [6.07, 6.45) is 0.399. The van der Waals surface area contributed by atoms with Crippen LogP contribution in [0, 0.1) is 0 Å². The van der Waals surface area contributed by atoms with E-state index in [1.165, 1.54) is 0 Å². The van der Waals surface area contributed by atoms with E-state index in [1.807, 2.05) is 41.5 Å². The lowest BCUT2D eigenvalue weighted by atomic mass is 10.4. The summed E-state index contributed by atoms with van der Waals surface area (Å²) in [6.45, 7) is 14.5. The second-order valence-electron chi connectivity index (χ2n) is 6.32. The van der Waals surface area contributed by atoms with Gasteiger partial charge in [-0.1, -0.05) is 13.3 Å². The Hall–Kier alpha value is -0.240. The molecule has 6 nitrogen and oxygen atoms in total. The van der Waals surface area contributed by atoms with Gasteiger partial charge in [-0.15, -0.1) is 0 Å². The molecule has 0 spiro atoms. The molecule has 0 aromatic rings. The van der Waals surface area contributed by atoms with Crippen LogP contribution in [0.1, 0.15) is 61.3 Å². The molecule has 0 heterocycles. The number of aliphatic hydroxyl groups is 1. The fourth-order valence-electron chi connectivity index (χ4n) is 1.85. The minimum atomic E-state index is -1.96. The molecule has 140 valence electrons. The Bertz CT molecular complexity index is 270. The SMILES string of the molecule is CCCCOCCOC(OC(C)C)C(O)(OC(C)C)OC(C)C. The van der Waals surface area contributed by atoms with Crippen LogP contribution in [0.4, 0.5) is 0 Å². The molecule has 0 fully saturated rings. The summed E-state index contributed by atoms with van der Waals surface area (Å²) in [6, 6.07) is 0. The Morgan fingerprint density at radius 3 is 1.83 bits per heavy atom. The first-order valence-electron chi connectivity index (χ1n) is 8.64. The Balaban J connectivity index is 4.71. The lowest BCUT2D eigenvalue weighted by molar-refractivity contribution is -0.460. The zero-order valence-corrected chi connectivity index (χ0v) is 15.8. The molecule has 0 aromatic carbocycles. The van der Waals surface area contributed by atoms with Crippen molar-refractivity contribution in [3.63, 3.8) is 0 Å². The molecule has 6 heteroatoms. The average molecular weight is 336 g/mol. The van der Waals surface area contributed by atoms with E-state index in [0.717, 1.165) is 12.8 Å². The van der Waals surface area contributed by atoms with Crippen molar-refractivity contribution in [3.05, 3.63) is 0 Å². The minimum Gasteiger partial charge on any atom is -0.379 e. The van der Waals surface area contributed by atoms with Gasteiger partial charge in [0.25, 0.3) is 0 Å². The normalized spacial score (nSPS) is 14.2. The molecule has 0 saturated heterocycles. The number of rotatable bonds is 14. The number of ether oxygens (including phenoxy) is 5. The Labute approximate surface area is 141 Å². The lowest BCUT2D eigenvalue weighted by Crippen LogP contribution is -2.53. The smallest absolute Gasteiger partial charge is 0.335 e. The van der Waals surface area contributed by atoms with Crippen LogP contribution >= 0.6 is 0 Å². The van der Waals surface area contributed by atoms with Crippen LogP contribution in [0.2, 0.25) is 0 Å². The van der Waals surface area contributed by atoms with Crippen molar-refractivity contribution in [3.8, 4) is 0 Å². The third-order valence-electron chi connectivity index (χ3n) is 2.64. The Morgan fingerprint density at radius 2 is 1.39 bits per heavy atom. The van der Waals surface area contributed by atoms with Crippen LogP contribution in [-0.2, 0) is 23.7 Å². The van der Waals surface area contributed by atoms with Crippen molar-refractivity contribution in [2.75, 3.05) is 19.8 Å². The molecule has 0 bridgehead atoms. The second kappa shape index (κ2) is 12.2. The van der Waals surface area contributed by atoms with Crippen molar-refractivity contribution in [1.82, 2.24) is 0 Å². The van der Waals surface area contributed by atoms with Crippen molar-refractivity contribution < 1.29 is 28.8 Å². The fraction of sp³-hybridized carbons (Fsp3) is 1.00. The van der Waals surface area contributed by atoms with E-state index in [9.17, 15) is 5.11 Å². The molecule has 0 aliphatic heterocycles. The molecule has 0 radical (unpaired) electrons. The highest BCUT2D eigenvalue weighted by molar-refractivity contribution is 4.66. The van der Waals surface area contributed by atoms with E-state index in [2.05, 4.69) is 6.92 Å². The van der Waals surface area contributed by atoms with E-state index in [4.69, 9.17) is 23.7 Å². The van der Waals surface area contributed by atoms with Crippen LogP contribution in [0.25, 0.3) is 0 Å². The van der Waals surface area contributed by atoms with Crippen LogP contribution in [0.5, 0.6) is 0 Å². The summed E-state index contributed by atoms with van der Waals surface area (Å²) >= 11 is 0. The monoisotopic (exact) mass is 336 g/mol. The maximum atomic E-state index is 10.8. The molecular formula is C17H36O6. The van der Waals surface area contributed by atoms with Crippen molar-refractivity contribution >= 4 is 0 Å². The summed E-state index contributed by atoms with van der Waals surface area (Å²) in [5.74, 6) is -1.96. The highest BCUT2D eigenvalue weighted by atomic mass is 16.9. The second-order valence-corrected chi connectivity index (χ2v) is 6.32. The molecule has 1 unspecified atom stereocenters. The maximum absolute atomic E-state index is 10.8. The standard InChI is InChI=1S/C17H36O6/c1-8-9-10-19-11-12-20-16(21-13(2)3)17(18,22-14(4)5)23-15(6)7/h13-16,18H,8-12H2,1-7H3. The van der Waals surface area contributed by atoms with Crippen LogP contribution < -0.4 is 0 Å². The molecule has 0 aliphatic carbocycles. The first-order chi connectivity index (χ1) is 10.7. The van der Waals surface area contributed by atoms with E-state index in [0.29, 0.717) is 13.2 Å². The molecule has 0 aliphatic rings. The van der Waals surface area contributed by atoms with Gasteiger partial charge in [-0.2, -0.15) is 0 Å². The summed E-state index contributed by atoms with van der Waals surface area (Å²) in [4.78, 5) is 0. The van der Waals surface area contributed by atoms with Gasteiger partial charge in [-0.05, 0) is 48.0 Å². The van der Waals surface area contributed by atoms with Gasteiger partial charge < -0.3 is 28.8 Å². The van der Waals surface area contributed by atoms with Crippen molar-refractivity contribution in [1.29, 1.82) is 0 Å². The first kappa shape index (κ1) is 22.8. The van der Waals surface area contributed by atoms with E-state index in [-0.39, 0.29) is 24.9 Å². The predicted octanol–water partition coefficient (Wildman–Crippen LogP) is 3.07. The first-order valence-corrected chi connectivity index (χ1v) is 8.64. The molecule has 1 atom stereocenters. The van der Waals surface area contributed by atoms with Gasteiger partial charge in [0.1, 0.15) is 0 Å². The summed E-state index contributed by atoms with van der Waals surface area (Å²) in [5.41, 5.74) is 0. The van der Waals surface area contributed by atoms with Gasteiger partial charge in [0.15, 0.2) is 0 Å². The quantitative estimate of drug-likeness (QED) is 0.388. The third kappa shape index (κ3) is 11.0. The Morgan fingerprint density at radius 1 is 0.826 bits per heavy atom. The van der Waals surface area contributed by atoms with E-state index in [1.54, 1.807) is 0 Å².